The second-order valence-corrected chi connectivity index (χ2v) is 11.3. The molecule has 5 rings (SSSR count). The van der Waals surface area contributed by atoms with E-state index in [1.807, 2.05) is 25.1 Å². The molecular weight excluding hydrogens is 436 g/mol. The van der Waals surface area contributed by atoms with Gasteiger partial charge in [-0.1, -0.05) is 43.5 Å². The van der Waals surface area contributed by atoms with Crippen molar-refractivity contribution < 1.29 is 17.9 Å². The van der Waals surface area contributed by atoms with Gasteiger partial charge in [0.05, 0.1) is 16.5 Å². The number of esters is 1. The van der Waals surface area contributed by atoms with Crippen LogP contribution in [0.25, 0.3) is 17.2 Å². The highest BCUT2D eigenvalue weighted by atomic mass is 32.2. The Morgan fingerprint density at radius 3 is 2.70 bits per heavy atom. The summed E-state index contributed by atoms with van der Waals surface area (Å²) in [7, 11) is -3.75. The fraction of sp³-hybridized carbons (Fsp3) is 0.462. The van der Waals surface area contributed by atoms with E-state index < -0.39 is 10.0 Å². The minimum atomic E-state index is -3.75. The molecule has 1 aliphatic heterocycles. The molecule has 0 spiro atoms. The van der Waals surface area contributed by atoms with Gasteiger partial charge < -0.3 is 4.74 Å². The molecule has 0 unspecified atom stereocenters. The van der Waals surface area contributed by atoms with Crippen LogP contribution < -0.4 is 5.14 Å². The molecular formula is C26H30N2O4S. The van der Waals surface area contributed by atoms with Gasteiger partial charge in [0.25, 0.3) is 0 Å². The van der Waals surface area contributed by atoms with E-state index in [0.29, 0.717) is 17.8 Å². The number of aromatic nitrogens is 1. The molecule has 7 heteroatoms. The number of hydrogen-bond acceptors (Lipinski definition) is 5. The molecule has 33 heavy (non-hydrogen) atoms. The average Bonchev–Trinajstić information content (AvgIpc) is 3.09. The van der Waals surface area contributed by atoms with E-state index in [1.165, 1.54) is 31.7 Å². The van der Waals surface area contributed by atoms with Crippen LogP contribution in [0.5, 0.6) is 0 Å². The van der Waals surface area contributed by atoms with Crippen LogP contribution in [0.3, 0.4) is 0 Å². The summed E-state index contributed by atoms with van der Waals surface area (Å²) in [5, 5.41) is 5.26. The number of benzene rings is 1. The molecule has 2 aliphatic carbocycles. The summed E-state index contributed by atoms with van der Waals surface area (Å²) in [6.45, 7) is 2.04. The van der Waals surface area contributed by atoms with Crippen LogP contribution in [0.2, 0.25) is 0 Å². The molecule has 1 saturated heterocycles. The van der Waals surface area contributed by atoms with E-state index in [4.69, 9.17) is 9.88 Å². The highest BCUT2D eigenvalue weighted by Crippen LogP contribution is 2.53. The van der Waals surface area contributed by atoms with E-state index in [0.717, 1.165) is 23.2 Å². The maximum absolute atomic E-state index is 12.5. The van der Waals surface area contributed by atoms with Gasteiger partial charge >= 0.3 is 5.97 Å². The summed E-state index contributed by atoms with van der Waals surface area (Å²) in [4.78, 5) is 17.1. The molecule has 3 fully saturated rings. The van der Waals surface area contributed by atoms with Crippen molar-refractivity contribution in [1.82, 2.24) is 4.98 Å². The Bertz CT molecular complexity index is 1180. The Kier molecular flexibility index (Phi) is 5.87. The van der Waals surface area contributed by atoms with Crippen molar-refractivity contribution in [3.8, 4) is 11.1 Å². The molecule has 2 N–H and O–H groups in total. The molecule has 2 aromatic rings. The molecule has 174 valence electrons. The van der Waals surface area contributed by atoms with Gasteiger partial charge in [-0.05, 0) is 67.4 Å². The summed E-state index contributed by atoms with van der Waals surface area (Å²) in [6, 6.07) is 10.4. The number of carbonyl (C=O) groups excluding carboxylic acids is 1. The first kappa shape index (κ1) is 22.3. The van der Waals surface area contributed by atoms with E-state index in [9.17, 15) is 13.2 Å². The monoisotopic (exact) mass is 466 g/mol. The lowest BCUT2D eigenvalue weighted by atomic mass is 9.57. The first-order valence-electron chi connectivity index (χ1n) is 11.8. The van der Waals surface area contributed by atoms with Crippen LogP contribution in [0.1, 0.15) is 44.7 Å². The highest BCUT2D eigenvalue weighted by molar-refractivity contribution is 7.89. The fourth-order valence-corrected chi connectivity index (χ4v) is 6.88. The topological polar surface area (TPSA) is 99.4 Å². The minimum Gasteiger partial charge on any atom is -0.462 e. The van der Waals surface area contributed by atoms with Gasteiger partial charge in [-0.2, -0.15) is 0 Å². The zero-order valence-corrected chi connectivity index (χ0v) is 19.6. The van der Waals surface area contributed by atoms with Crippen molar-refractivity contribution in [3.05, 3.63) is 54.4 Å². The largest absolute Gasteiger partial charge is 0.462 e. The summed E-state index contributed by atoms with van der Waals surface area (Å²) >= 11 is 0. The molecule has 0 amide bonds. The van der Waals surface area contributed by atoms with Crippen molar-refractivity contribution in [2.75, 3.05) is 0 Å². The summed E-state index contributed by atoms with van der Waals surface area (Å²) in [6.07, 6.45) is 12.0. The number of sulfonamides is 1. The third kappa shape index (κ3) is 4.36. The molecule has 1 aromatic carbocycles. The Labute approximate surface area is 195 Å². The standard InChI is InChI=1S/C26H30N2O4S/c1-16-25-23(22-8-3-2-5-18(22)14-24(25)26(29)32-16)12-11-20-10-9-19(15-28-20)17-6-4-7-21(13-17)33(27,30)31/h4,6-7,9-13,15-16,18,22-25H,2-3,5,8,14H2,1H3,(H2,27,30,31)/b12-11+/t16-,18+,22-,23+,24-,25+/m1/s1. The lowest BCUT2D eigenvalue weighted by Crippen LogP contribution is -2.42. The number of allylic oxidation sites excluding steroid dienone is 1. The maximum atomic E-state index is 12.5. The zero-order chi connectivity index (χ0) is 23.2. The van der Waals surface area contributed by atoms with Crippen LogP contribution in [-0.2, 0) is 19.6 Å². The number of pyridine rings is 1. The molecule has 6 nitrogen and oxygen atoms in total. The van der Waals surface area contributed by atoms with Gasteiger partial charge in [-0.15, -0.1) is 0 Å². The van der Waals surface area contributed by atoms with Crippen molar-refractivity contribution in [2.24, 2.45) is 34.7 Å². The Morgan fingerprint density at radius 1 is 1.12 bits per heavy atom. The number of fused-ring (bicyclic) bond motifs is 2. The number of cyclic esters (lactones) is 1. The van der Waals surface area contributed by atoms with Crippen molar-refractivity contribution >= 4 is 22.1 Å². The number of nitrogens with two attached hydrogens (primary N) is 1. The third-order valence-corrected chi connectivity index (χ3v) is 8.76. The van der Waals surface area contributed by atoms with Crippen molar-refractivity contribution in [3.63, 3.8) is 0 Å². The Morgan fingerprint density at radius 2 is 1.94 bits per heavy atom. The van der Waals surface area contributed by atoms with Crippen molar-refractivity contribution in [2.45, 2.75) is 50.0 Å². The van der Waals surface area contributed by atoms with Gasteiger partial charge in [0, 0.05) is 17.7 Å². The second kappa shape index (κ2) is 8.69. The summed E-state index contributed by atoms with van der Waals surface area (Å²) < 4.78 is 29.0. The molecule has 0 radical (unpaired) electrons. The minimum absolute atomic E-state index is 0.0147. The summed E-state index contributed by atoms with van der Waals surface area (Å²) in [5.74, 6) is 1.79. The summed E-state index contributed by atoms with van der Waals surface area (Å²) in [5.41, 5.74) is 2.42. The van der Waals surface area contributed by atoms with Gasteiger partial charge in [0.15, 0.2) is 0 Å². The molecule has 2 heterocycles. The first-order valence-corrected chi connectivity index (χ1v) is 13.3. The molecule has 1 aromatic heterocycles. The SMILES string of the molecule is C[C@H]1OC(=O)[C@@H]2C[C@@H]3CCCC[C@H]3[C@H](/C=C/c3ccc(-c4cccc(S(N)(=O)=O)c4)cn3)[C@H]12. The van der Waals surface area contributed by atoms with Gasteiger partial charge in [0.1, 0.15) is 6.10 Å². The van der Waals surface area contributed by atoms with Crippen LogP contribution in [0.4, 0.5) is 0 Å². The lowest BCUT2D eigenvalue weighted by Gasteiger charge is -2.45. The first-order chi connectivity index (χ1) is 15.8. The number of ether oxygens (including phenoxy) is 1. The van der Waals surface area contributed by atoms with E-state index in [-0.39, 0.29) is 28.8 Å². The number of rotatable bonds is 4. The fourth-order valence-electron chi connectivity index (χ4n) is 6.32. The molecule has 0 bridgehead atoms. The Hall–Kier alpha value is -2.51. The van der Waals surface area contributed by atoms with E-state index >= 15 is 0 Å². The van der Waals surface area contributed by atoms with E-state index in [2.05, 4.69) is 17.1 Å². The van der Waals surface area contributed by atoms with Gasteiger partial charge in [-0.3, -0.25) is 9.78 Å². The van der Waals surface area contributed by atoms with Gasteiger partial charge in [-0.25, -0.2) is 13.6 Å². The zero-order valence-electron chi connectivity index (χ0n) is 18.8. The van der Waals surface area contributed by atoms with Gasteiger partial charge in [0.2, 0.25) is 10.0 Å². The van der Waals surface area contributed by atoms with Crippen LogP contribution in [-0.4, -0.2) is 25.5 Å². The third-order valence-electron chi connectivity index (χ3n) is 7.85. The number of carbonyl (C=O) groups is 1. The Balaban J connectivity index is 1.39. The lowest BCUT2D eigenvalue weighted by molar-refractivity contribution is -0.144. The molecule has 3 aliphatic rings. The van der Waals surface area contributed by atoms with Crippen LogP contribution in [0, 0.1) is 29.6 Å². The molecule has 2 saturated carbocycles. The van der Waals surface area contributed by atoms with Crippen LogP contribution >= 0.6 is 0 Å². The predicted molar refractivity (Wildman–Crippen MR) is 126 cm³/mol. The number of primary sulfonamides is 1. The normalized spacial score (nSPS) is 31.8. The maximum Gasteiger partial charge on any atom is 0.309 e. The average molecular weight is 467 g/mol. The quantitative estimate of drug-likeness (QED) is 0.673. The van der Waals surface area contributed by atoms with Crippen molar-refractivity contribution in [1.29, 1.82) is 0 Å². The smallest absolute Gasteiger partial charge is 0.309 e. The predicted octanol–water partition coefficient (Wildman–Crippen LogP) is 4.41. The second-order valence-electron chi connectivity index (χ2n) is 9.75. The van der Waals surface area contributed by atoms with E-state index in [1.54, 1.807) is 18.3 Å². The van der Waals surface area contributed by atoms with Crippen LogP contribution in [0.15, 0.2) is 53.6 Å². The highest BCUT2D eigenvalue weighted by Gasteiger charge is 2.53. The number of hydrogen-bond donors (Lipinski definition) is 1. The molecule has 6 atom stereocenters. The number of nitrogens with zero attached hydrogens (tertiary/aromatic N) is 1.